The smallest absolute Gasteiger partial charge is 0.236 e. The molecule has 2 heterocycles. The zero-order valence-electron chi connectivity index (χ0n) is 9.45. The van der Waals surface area contributed by atoms with Crippen molar-refractivity contribution in [1.82, 2.24) is 9.88 Å². The summed E-state index contributed by atoms with van der Waals surface area (Å²) in [5.74, 6) is 0.222. The number of hydrogen-bond acceptors (Lipinski definition) is 1. The molecule has 0 saturated carbocycles. The predicted octanol–water partition coefficient (Wildman–Crippen LogP) is 2.85. The molecule has 0 bridgehead atoms. The Hall–Kier alpha value is -0.770. The van der Waals surface area contributed by atoms with Crippen LogP contribution in [0.4, 0.5) is 0 Å². The van der Waals surface area contributed by atoms with E-state index in [9.17, 15) is 4.79 Å². The van der Waals surface area contributed by atoms with Crippen molar-refractivity contribution in [3.63, 3.8) is 0 Å². The second-order valence-electron chi connectivity index (χ2n) is 4.19. The van der Waals surface area contributed by atoms with E-state index in [1.54, 1.807) is 0 Å². The van der Waals surface area contributed by atoms with Crippen LogP contribution in [0.5, 0.6) is 0 Å². The summed E-state index contributed by atoms with van der Waals surface area (Å²) in [5, 5.41) is 0. The summed E-state index contributed by atoms with van der Waals surface area (Å²) in [6.45, 7) is 2.90. The summed E-state index contributed by atoms with van der Waals surface area (Å²) in [5.41, 5.74) is 1.15. The third-order valence-corrected chi connectivity index (χ3v) is 4.18. The highest BCUT2D eigenvalue weighted by atomic mass is 79.9. The van der Waals surface area contributed by atoms with Crippen molar-refractivity contribution in [2.45, 2.75) is 37.1 Å². The molecule has 2 rings (SSSR count). The Balaban J connectivity index is 2.12. The number of aromatic nitrogens is 1. The minimum Gasteiger partial charge on any atom is -0.363 e. The number of halogens is 1. The number of hydrogen-bond donors (Lipinski definition) is 1. The zero-order valence-corrected chi connectivity index (χ0v) is 11.0. The normalized spacial score (nSPS) is 22.4. The highest BCUT2D eigenvalue weighted by Gasteiger charge is 2.32. The van der Waals surface area contributed by atoms with E-state index in [4.69, 9.17) is 0 Å². The molecule has 0 aromatic carbocycles. The molecular weight excluding hydrogens is 268 g/mol. The summed E-state index contributed by atoms with van der Waals surface area (Å²) >= 11 is 3.44. The SMILES string of the molecule is CCC(Br)C(=O)N1CCCC1c1ccc[nH]1. The second kappa shape index (κ2) is 5.04. The molecule has 2 atom stereocenters. The molecule has 3 nitrogen and oxygen atoms in total. The fourth-order valence-electron chi connectivity index (χ4n) is 2.26. The van der Waals surface area contributed by atoms with Crippen LogP contribution in [0, 0.1) is 0 Å². The van der Waals surface area contributed by atoms with Gasteiger partial charge in [0, 0.05) is 18.4 Å². The number of rotatable bonds is 3. The molecule has 0 spiro atoms. The number of alkyl halides is 1. The molecule has 1 aliphatic rings. The minimum atomic E-state index is -0.0388. The molecule has 1 amide bonds. The molecule has 1 N–H and O–H groups in total. The van der Waals surface area contributed by atoms with Crippen LogP contribution in [-0.2, 0) is 4.79 Å². The number of likely N-dealkylation sites (tertiary alicyclic amines) is 1. The van der Waals surface area contributed by atoms with Crippen molar-refractivity contribution in [2.75, 3.05) is 6.54 Å². The van der Waals surface area contributed by atoms with Crippen LogP contribution < -0.4 is 0 Å². The van der Waals surface area contributed by atoms with Gasteiger partial charge in [0.25, 0.3) is 0 Å². The number of nitrogens with one attached hydrogen (secondary N) is 1. The van der Waals surface area contributed by atoms with Gasteiger partial charge in [-0.05, 0) is 31.4 Å². The van der Waals surface area contributed by atoms with Crippen LogP contribution in [0.25, 0.3) is 0 Å². The molecule has 1 aliphatic heterocycles. The van der Waals surface area contributed by atoms with E-state index >= 15 is 0 Å². The fraction of sp³-hybridized carbons (Fsp3) is 0.583. The van der Waals surface area contributed by atoms with Gasteiger partial charge < -0.3 is 9.88 Å². The van der Waals surface area contributed by atoms with Gasteiger partial charge in [-0.2, -0.15) is 0 Å². The molecule has 4 heteroatoms. The highest BCUT2D eigenvalue weighted by Crippen LogP contribution is 2.32. The lowest BCUT2D eigenvalue weighted by atomic mass is 10.1. The fourth-order valence-corrected chi connectivity index (χ4v) is 2.52. The first-order valence-electron chi connectivity index (χ1n) is 5.82. The van der Waals surface area contributed by atoms with E-state index in [1.807, 2.05) is 24.1 Å². The van der Waals surface area contributed by atoms with Crippen molar-refractivity contribution in [2.24, 2.45) is 0 Å². The Kier molecular flexibility index (Phi) is 3.69. The van der Waals surface area contributed by atoms with Crippen molar-refractivity contribution in [3.8, 4) is 0 Å². The van der Waals surface area contributed by atoms with Gasteiger partial charge in [-0.3, -0.25) is 4.79 Å². The average molecular weight is 285 g/mol. The lowest BCUT2D eigenvalue weighted by Gasteiger charge is -2.26. The van der Waals surface area contributed by atoms with Crippen LogP contribution in [0.2, 0.25) is 0 Å². The topological polar surface area (TPSA) is 36.1 Å². The third-order valence-electron chi connectivity index (χ3n) is 3.14. The number of carbonyl (C=O) groups is 1. The molecular formula is C12H17BrN2O. The number of H-pyrrole nitrogens is 1. The summed E-state index contributed by atoms with van der Waals surface area (Å²) in [4.78, 5) is 17.3. The van der Waals surface area contributed by atoms with Gasteiger partial charge in [0.1, 0.15) is 0 Å². The van der Waals surface area contributed by atoms with Gasteiger partial charge in [0.2, 0.25) is 5.91 Å². The van der Waals surface area contributed by atoms with Crippen molar-refractivity contribution in [3.05, 3.63) is 24.0 Å². The summed E-state index contributed by atoms with van der Waals surface area (Å²) in [6, 6.07) is 4.29. The van der Waals surface area contributed by atoms with E-state index < -0.39 is 0 Å². The van der Waals surface area contributed by atoms with Crippen LogP contribution in [0.3, 0.4) is 0 Å². The summed E-state index contributed by atoms with van der Waals surface area (Å²) in [6.07, 6.45) is 4.92. The number of carbonyl (C=O) groups excluding carboxylic acids is 1. The Labute approximate surface area is 104 Å². The van der Waals surface area contributed by atoms with Gasteiger partial charge in [-0.25, -0.2) is 0 Å². The molecule has 16 heavy (non-hydrogen) atoms. The maximum Gasteiger partial charge on any atom is 0.236 e. The first-order valence-corrected chi connectivity index (χ1v) is 6.73. The van der Waals surface area contributed by atoms with E-state index in [-0.39, 0.29) is 16.8 Å². The van der Waals surface area contributed by atoms with Gasteiger partial charge in [-0.15, -0.1) is 0 Å². The third kappa shape index (κ3) is 2.17. The van der Waals surface area contributed by atoms with E-state index in [0.717, 1.165) is 31.5 Å². The first kappa shape index (κ1) is 11.7. The van der Waals surface area contributed by atoms with Crippen molar-refractivity contribution >= 4 is 21.8 Å². The molecule has 1 fully saturated rings. The molecule has 1 saturated heterocycles. The average Bonchev–Trinajstić information content (AvgIpc) is 2.95. The Morgan fingerprint density at radius 2 is 2.56 bits per heavy atom. The van der Waals surface area contributed by atoms with Gasteiger partial charge >= 0.3 is 0 Å². The molecule has 0 aliphatic carbocycles. The van der Waals surface area contributed by atoms with Crippen molar-refractivity contribution < 1.29 is 4.79 Å². The first-order chi connectivity index (χ1) is 7.74. The predicted molar refractivity (Wildman–Crippen MR) is 67.5 cm³/mol. The lowest BCUT2D eigenvalue weighted by molar-refractivity contribution is -0.131. The van der Waals surface area contributed by atoms with E-state index in [2.05, 4.69) is 27.0 Å². The van der Waals surface area contributed by atoms with Crippen LogP contribution >= 0.6 is 15.9 Å². The quantitative estimate of drug-likeness (QED) is 0.852. The Bertz CT molecular complexity index is 350. The maximum absolute atomic E-state index is 12.1. The monoisotopic (exact) mass is 284 g/mol. The largest absolute Gasteiger partial charge is 0.363 e. The van der Waals surface area contributed by atoms with Crippen molar-refractivity contribution in [1.29, 1.82) is 0 Å². The molecule has 1 aromatic heterocycles. The van der Waals surface area contributed by atoms with Crippen LogP contribution in [-0.4, -0.2) is 27.2 Å². The standard InChI is InChI=1S/C12H17BrN2O/c1-2-9(13)12(16)15-8-4-6-11(15)10-5-3-7-14-10/h3,5,7,9,11,14H,2,4,6,8H2,1H3. The van der Waals surface area contributed by atoms with Gasteiger partial charge in [-0.1, -0.05) is 22.9 Å². The molecule has 2 unspecified atom stereocenters. The zero-order chi connectivity index (χ0) is 11.5. The van der Waals surface area contributed by atoms with Gasteiger partial charge in [0.15, 0.2) is 0 Å². The summed E-state index contributed by atoms with van der Waals surface area (Å²) in [7, 11) is 0. The number of amides is 1. The van der Waals surface area contributed by atoms with Crippen LogP contribution in [0.15, 0.2) is 18.3 Å². The second-order valence-corrected chi connectivity index (χ2v) is 5.30. The maximum atomic E-state index is 12.1. The van der Waals surface area contributed by atoms with E-state index in [1.165, 1.54) is 0 Å². The van der Waals surface area contributed by atoms with Crippen LogP contribution in [0.1, 0.15) is 37.9 Å². The minimum absolute atomic E-state index is 0.0388. The van der Waals surface area contributed by atoms with Gasteiger partial charge in [0.05, 0.1) is 10.9 Å². The number of nitrogens with zero attached hydrogens (tertiary/aromatic N) is 1. The molecule has 88 valence electrons. The Morgan fingerprint density at radius 1 is 1.75 bits per heavy atom. The lowest BCUT2D eigenvalue weighted by Crippen LogP contribution is -2.36. The van der Waals surface area contributed by atoms with E-state index in [0.29, 0.717) is 0 Å². The number of aromatic amines is 1. The highest BCUT2D eigenvalue weighted by molar-refractivity contribution is 9.10. The summed E-state index contributed by atoms with van der Waals surface area (Å²) < 4.78 is 0. The molecule has 0 radical (unpaired) electrons. The Morgan fingerprint density at radius 3 is 3.19 bits per heavy atom. The molecule has 1 aromatic rings.